The van der Waals surface area contributed by atoms with Crippen LogP contribution in [-0.4, -0.2) is 29.9 Å². The maximum Gasteiger partial charge on any atom is 0.270 e. The molecular weight excluding hydrogens is 504 g/mol. The fraction of sp³-hybridized carbons (Fsp3) is 0.115. The molecule has 0 aliphatic carbocycles. The summed E-state index contributed by atoms with van der Waals surface area (Å²) in [5.74, 6) is 0.764. The van der Waals surface area contributed by atoms with Gasteiger partial charge in [-0.25, -0.2) is 0 Å². The highest BCUT2D eigenvalue weighted by atomic mass is 35.5. The van der Waals surface area contributed by atoms with Crippen molar-refractivity contribution < 1.29 is 19.1 Å². The number of hydrogen-bond acceptors (Lipinski definition) is 6. The lowest BCUT2D eigenvalue weighted by atomic mass is 10.2. The minimum atomic E-state index is -0.290. The van der Waals surface area contributed by atoms with Crippen molar-refractivity contribution in [1.29, 1.82) is 0 Å². The zero-order valence-corrected chi connectivity index (χ0v) is 21.3. The number of nitrogens with one attached hydrogen (secondary N) is 1. The molecule has 1 aliphatic heterocycles. The second-order valence-electron chi connectivity index (χ2n) is 7.53. The third kappa shape index (κ3) is 5.85. The topological polar surface area (TPSA) is 67.9 Å². The minimum absolute atomic E-state index is 0.147. The summed E-state index contributed by atoms with van der Waals surface area (Å²) in [5.41, 5.74) is 2.94. The molecule has 35 heavy (non-hydrogen) atoms. The first-order valence-electron chi connectivity index (χ1n) is 10.6. The molecule has 3 aromatic rings. The van der Waals surface area contributed by atoms with E-state index < -0.39 is 0 Å². The molecule has 1 heterocycles. The van der Waals surface area contributed by atoms with Crippen LogP contribution in [0.4, 0.5) is 11.4 Å². The van der Waals surface area contributed by atoms with E-state index >= 15 is 0 Å². The Bertz CT molecular complexity index is 1310. The first-order chi connectivity index (χ1) is 16.9. The quantitative estimate of drug-likeness (QED) is 0.298. The van der Waals surface area contributed by atoms with Gasteiger partial charge < -0.3 is 14.8 Å². The van der Waals surface area contributed by atoms with Gasteiger partial charge in [0.1, 0.15) is 11.5 Å². The molecule has 0 aromatic heterocycles. The summed E-state index contributed by atoms with van der Waals surface area (Å²) in [5, 5.41) is 3.38. The number of carbonyl (C=O) groups is 2. The zero-order chi connectivity index (χ0) is 24.9. The molecule has 9 heteroatoms. The molecule has 0 radical (unpaired) electrons. The van der Waals surface area contributed by atoms with Crippen LogP contribution in [0.1, 0.15) is 11.1 Å². The average molecular weight is 525 g/mol. The van der Waals surface area contributed by atoms with Crippen LogP contribution >= 0.6 is 35.6 Å². The lowest BCUT2D eigenvalue weighted by Gasteiger charge is -2.14. The zero-order valence-electron chi connectivity index (χ0n) is 18.9. The van der Waals surface area contributed by atoms with E-state index in [2.05, 4.69) is 5.32 Å². The van der Waals surface area contributed by atoms with Crippen LogP contribution in [0, 0.1) is 6.92 Å². The normalized spacial score (nSPS) is 14.4. The van der Waals surface area contributed by atoms with Gasteiger partial charge in [0.05, 0.1) is 17.7 Å². The molecule has 6 nitrogen and oxygen atoms in total. The highest BCUT2D eigenvalue weighted by Crippen LogP contribution is 2.36. The fourth-order valence-corrected chi connectivity index (χ4v) is 4.78. The van der Waals surface area contributed by atoms with Crippen LogP contribution in [0.3, 0.4) is 0 Å². The lowest BCUT2D eigenvalue weighted by molar-refractivity contribution is -0.118. The number of methoxy groups -OCH3 is 1. The Kier molecular flexibility index (Phi) is 7.75. The number of thiocarbonyl (C=S) groups is 1. The van der Waals surface area contributed by atoms with Crippen molar-refractivity contribution in [1.82, 2.24) is 0 Å². The van der Waals surface area contributed by atoms with Crippen molar-refractivity contribution in [3.8, 4) is 11.5 Å². The van der Waals surface area contributed by atoms with Crippen LogP contribution in [-0.2, 0) is 9.59 Å². The molecule has 178 valence electrons. The lowest BCUT2D eigenvalue weighted by Crippen LogP contribution is -2.27. The number of ether oxygens (including phenoxy) is 2. The Hall–Kier alpha value is -3.33. The summed E-state index contributed by atoms with van der Waals surface area (Å²) in [6.07, 6.45) is 1.78. The molecule has 4 rings (SSSR count). The summed E-state index contributed by atoms with van der Waals surface area (Å²) in [7, 11) is 1.59. The molecule has 1 N–H and O–H groups in total. The molecule has 3 aromatic carbocycles. The summed E-state index contributed by atoms with van der Waals surface area (Å²) < 4.78 is 11.2. The first kappa shape index (κ1) is 24.8. The van der Waals surface area contributed by atoms with E-state index in [1.54, 1.807) is 67.8 Å². The Morgan fingerprint density at radius 1 is 1.09 bits per heavy atom. The van der Waals surface area contributed by atoms with Crippen LogP contribution in [0.2, 0.25) is 5.02 Å². The van der Waals surface area contributed by atoms with E-state index in [0.717, 1.165) is 11.1 Å². The van der Waals surface area contributed by atoms with E-state index in [9.17, 15) is 9.59 Å². The van der Waals surface area contributed by atoms with Gasteiger partial charge in [0.25, 0.3) is 11.8 Å². The van der Waals surface area contributed by atoms with Crippen LogP contribution in [0.15, 0.2) is 71.6 Å². The van der Waals surface area contributed by atoms with Crippen molar-refractivity contribution in [3.05, 3.63) is 87.8 Å². The van der Waals surface area contributed by atoms with Crippen LogP contribution < -0.4 is 19.7 Å². The van der Waals surface area contributed by atoms with Crippen LogP contribution in [0.25, 0.3) is 6.08 Å². The molecule has 2 amide bonds. The van der Waals surface area contributed by atoms with Gasteiger partial charge in [-0.1, -0.05) is 53.8 Å². The Morgan fingerprint density at radius 3 is 2.46 bits per heavy atom. The molecular formula is C26H21ClN2O4S2. The van der Waals surface area contributed by atoms with Gasteiger partial charge in [-0.2, -0.15) is 0 Å². The van der Waals surface area contributed by atoms with E-state index in [1.165, 1.54) is 16.7 Å². The van der Waals surface area contributed by atoms with Crippen molar-refractivity contribution in [2.45, 2.75) is 6.92 Å². The van der Waals surface area contributed by atoms with E-state index in [1.807, 2.05) is 19.1 Å². The number of nitrogens with zero attached hydrogens (tertiary/aromatic N) is 1. The Balaban J connectivity index is 1.37. The predicted octanol–water partition coefficient (Wildman–Crippen LogP) is 6.08. The first-order valence-corrected chi connectivity index (χ1v) is 12.2. The van der Waals surface area contributed by atoms with E-state index in [0.29, 0.717) is 37.1 Å². The number of halogens is 1. The number of thioether (sulfide) groups is 1. The van der Waals surface area contributed by atoms with Gasteiger partial charge in [0.15, 0.2) is 10.9 Å². The Morgan fingerprint density at radius 2 is 1.77 bits per heavy atom. The summed E-state index contributed by atoms with van der Waals surface area (Å²) in [4.78, 5) is 27.2. The largest absolute Gasteiger partial charge is 0.497 e. The van der Waals surface area contributed by atoms with Crippen LogP contribution in [0.5, 0.6) is 11.5 Å². The van der Waals surface area contributed by atoms with Gasteiger partial charge in [0, 0.05) is 10.7 Å². The van der Waals surface area contributed by atoms with E-state index in [4.69, 9.17) is 33.3 Å². The number of carbonyl (C=O) groups excluding carboxylic acids is 2. The second kappa shape index (κ2) is 10.9. The van der Waals surface area contributed by atoms with Crippen molar-refractivity contribution in [2.75, 3.05) is 23.9 Å². The summed E-state index contributed by atoms with van der Waals surface area (Å²) >= 11 is 12.8. The maximum atomic E-state index is 13.0. The Labute approximate surface area is 217 Å². The number of rotatable bonds is 7. The van der Waals surface area contributed by atoms with Gasteiger partial charge in [-0.05, 0) is 72.7 Å². The predicted molar refractivity (Wildman–Crippen MR) is 145 cm³/mol. The summed E-state index contributed by atoms with van der Waals surface area (Å²) in [6, 6.07) is 19.6. The molecule has 0 unspecified atom stereocenters. The fourth-order valence-electron chi connectivity index (χ4n) is 3.31. The molecule has 1 saturated heterocycles. The monoisotopic (exact) mass is 524 g/mol. The third-order valence-electron chi connectivity index (χ3n) is 5.21. The number of hydrogen-bond donors (Lipinski definition) is 1. The minimum Gasteiger partial charge on any atom is -0.497 e. The number of amides is 2. The number of benzene rings is 3. The highest BCUT2D eigenvalue weighted by Gasteiger charge is 2.33. The molecule has 0 spiro atoms. The average Bonchev–Trinajstić information content (AvgIpc) is 3.14. The molecule has 1 fully saturated rings. The molecule has 0 saturated carbocycles. The molecule has 0 atom stereocenters. The second-order valence-corrected chi connectivity index (χ2v) is 9.62. The smallest absolute Gasteiger partial charge is 0.270 e. The van der Waals surface area contributed by atoms with Gasteiger partial charge >= 0.3 is 0 Å². The van der Waals surface area contributed by atoms with Gasteiger partial charge in [-0.15, -0.1) is 0 Å². The van der Waals surface area contributed by atoms with Gasteiger partial charge in [-0.3, -0.25) is 14.5 Å². The standard InChI is InChI=1S/C26H21ClN2O4S2/c1-16-21(27)4-3-5-22(16)28-24(30)15-33-20-10-6-17(7-11-20)14-23-25(31)29(26(34)35-23)18-8-12-19(32-2)13-9-18/h3-14H,15H2,1-2H3,(H,28,30)/b23-14-. The molecule has 0 bridgehead atoms. The maximum absolute atomic E-state index is 13.0. The van der Waals surface area contributed by atoms with Crippen molar-refractivity contribution >= 4 is 69.2 Å². The van der Waals surface area contributed by atoms with E-state index in [-0.39, 0.29) is 18.4 Å². The SMILES string of the molecule is COc1ccc(N2C(=O)/C(=C/c3ccc(OCC(=O)Nc4cccc(Cl)c4C)cc3)SC2=S)cc1. The van der Waals surface area contributed by atoms with Crippen molar-refractivity contribution in [3.63, 3.8) is 0 Å². The molecule has 1 aliphatic rings. The van der Waals surface area contributed by atoms with Gasteiger partial charge in [0.2, 0.25) is 0 Å². The summed E-state index contributed by atoms with van der Waals surface area (Å²) in [6.45, 7) is 1.69. The highest BCUT2D eigenvalue weighted by molar-refractivity contribution is 8.27. The number of anilines is 2. The third-order valence-corrected chi connectivity index (χ3v) is 6.93. The van der Waals surface area contributed by atoms with Crippen molar-refractivity contribution in [2.24, 2.45) is 0 Å².